The van der Waals surface area contributed by atoms with Gasteiger partial charge in [0.25, 0.3) is 0 Å². The van der Waals surface area contributed by atoms with Gasteiger partial charge >= 0.3 is 0 Å². The van der Waals surface area contributed by atoms with Crippen molar-refractivity contribution in [3.63, 3.8) is 0 Å². The lowest BCUT2D eigenvalue weighted by Crippen LogP contribution is -2.23. The van der Waals surface area contributed by atoms with Crippen LogP contribution in [-0.2, 0) is 13.0 Å². The molecule has 2 nitrogen and oxygen atoms in total. The molecule has 1 aliphatic rings. The molecule has 0 fully saturated rings. The van der Waals surface area contributed by atoms with E-state index in [2.05, 4.69) is 29.6 Å². The van der Waals surface area contributed by atoms with Crippen molar-refractivity contribution < 1.29 is 0 Å². The Bertz CT molecular complexity index is 342. The van der Waals surface area contributed by atoms with Gasteiger partial charge in [0.1, 0.15) is 0 Å². The Morgan fingerprint density at radius 3 is 3.14 bits per heavy atom. The lowest BCUT2D eigenvalue weighted by molar-refractivity contribution is 0.643. The molecule has 0 atom stereocenters. The van der Waals surface area contributed by atoms with E-state index in [1.165, 1.54) is 16.7 Å². The summed E-state index contributed by atoms with van der Waals surface area (Å²) in [7, 11) is 0. The van der Waals surface area contributed by atoms with Crippen LogP contribution in [0.4, 0.5) is 0 Å². The van der Waals surface area contributed by atoms with Gasteiger partial charge in [-0.3, -0.25) is 0 Å². The van der Waals surface area contributed by atoms with Gasteiger partial charge in [-0.15, -0.1) is 0 Å². The molecule has 1 heterocycles. The first-order valence-electron chi connectivity index (χ1n) is 5.09. The zero-order valence-electron chi connectivity index (χ0n) is 8.29. The van der Waals surface area contributed by atoms with E-state index in [9.17, 15) is 0 Å². The van der Waals surface area contributed by atoms with Gasteiger partial charge in [0.05, 0.1) is 0 Å². The molecule has 0 radical (unpaired) electrons. The minimum Gasteiger partial charge on any atom is -0.327 e. The molecule has 0 unspecified atom stereocenters. The highest BCUT2D eigenvalue weighted by atomic mass is 14.9. The van der Waals surface area contributed by atoms with E-state index in [1.54, 1.807) is 0 Å². The third kappa shape index (κ3) is 2.03. The Hall–Kier alpha value is -1.12. The molecule has 0 aliphatic carbocycles. The molecule has 14 heavy (non-hydrogen) atoms. The van der Waals surface area contributed by atoms with Crippen LogP contribution in [0.15, 0.2) is 24.3 Å². The smallest absolute Gasteiger partial charge is 0.0208 e. The summed E-state index contributed by atoms with van der Waals surface area (Å²) in [6.07, 6.45) is 5.21. The molecule has 0 aromatic heterocycles. The fourth-order valence-electron chi connectivity index (χ4n) is 1.81. The molecule has 0 amide bonds. The maximum absolute atomic E-state index is 5.42. The summed E-state index contributed by atoms with van der Waals surface area (Å²) in [4.78, 5) is 0. The van der Waals surface area contributed by atoms with Crippen molar-refractivity contribution in [2.75, 3.05) is 13.1 Å². The summed E-state index contributed by atoms with van der Waals surface area (Å²) in [5, 5.41) is 3.38. The first-order chi connectivity index (χ1) is 6.90. The second-order valence-corrected chi connectivity index (χ2v) is 3.59. The zero-order valence-corrected chi connectivity index (χ0v) is 8.29. The maximum Gasteiger partial charge on any atom is 0.0208 e. The third-order valence-corrected chi connectivity index (χ3v) is 2.56. The van der Waals surface area contributed by atoms with Gasteiger partial charge in [-0.2, -0.15) is 0 Å². The van der Waals surface area contributed by atoms with Crippen molar-refractivity contribution in [1.82, 2.24) is 5.32 Å². The van der Waals surface area contributed by atoms with Crippen LogP contribution < -0.4 is 11.1 Å². The van der Waals surface area contributed by atoms with Gasteiger partial charge in [-0.25, -0.2) is 0 Å². The highest BCUT2D eigenvalue weighted by Crippen LogP contribution is 2.16. The fraction of sp³-hybridized carbons (Fsp3) is 0.333. The van der Waals surface area contributed by atoms with Crippen LogP contribution in [0.2, 0.25) is 0 Å². The molecule has 74 valence electrons. The Labute approximate surface area is 84.8 Å². The standard InChI is InChI=1S/C12H16N2/c13-6-1-2-10-3-4-11-5-7-14-9-12(11)8-10/h1-4,8,14H,5-7,9,13H2. The van der Waals surface area contributed by atoms with Gasteiger partial charge in [0, 0.05) is 13.1 Å². The van der Waals surface area contributed by atoms with E-state index in [0.717, 1.165) is 19.5 Å². The number of rotatable bonds is 2. The minimum atomic E-state index is 0.606. The number of nitrogens with one attached hydrogen (secondary N) is 1. The van der Waals surface area contributed by atoms with E-state index in [1.807, 2.05) is 6.08 Å². The predicted molar refractivity (Wildman–Crippen MR) is 59.9 cm³/mol. The highest BCUT2D eigenvalue weighted by molar-refractivity contribution is 5.52. The molecular formula is C12H16N2. The van der Waals surface area contributed by atoms with Crippen molar-refractivity contribution in [2.45, 2.75) is 13.0 Å². The van der Waals surface area contributed by atoms with Gasteiger partial charge in [0.15, 0.2) is 0 Å². The van der Waals surface area contributed by atoms with Crippen molar-refractivity contribution in [3.05, 3.63) is 41.0 Å². The van der Waals surface area contributed by atoms with Crippen LogP contribution in [0.3, 0.4) is 0 Å². The number of nitrogens with two attached hydrogens (primary N) is 1. The summed E-state index contributed by atoms with van der Waals surface area (Å²) in [6.45, 7) is 2.71. The maximum atomic E-state index is 5.42. The average molecular weight is 188 g/mol. The molecular weight excluding hydrogens is 172 g/mol. The lowest BCUT2D eigenvalue weighted by Gasteiger charge is -2.17. The van der Waals surface area contributed by atoms with Crippen molar-refractivity contribution in [1.29, 1.82) is 0 Å². The van der Waals surface area contributed by atoms with Gasteiger partial charge in [-0.1, -0.05) is 30.4 Å². The van der Waals surface area contributed by atoms with Gasteiger partial charge < -0.3 is 11.1 Å². The minimum absolute atomic E-state index is 0.606. The number of hydrogen-bond donors (Lipinski definition) is 2. The molecule has 0 saturated heterocycles. The Balaban J connectivity index is 2.24. The average Bonchev–Trinajstić information content (AvgIpc) is 2.26. The van der Waals surface area contributed by atoms with Crippen LogP contribution in [0.5, 0.6) is 0 Å². The van der Waals surface area contributed by atoms with E-state index in [-0.39, 0.29) is 0 Å². The second kappa shape index (κ2) is 4.40. The van der Waals surface area contributed by atoms with Crippen molar-refractivity contribution in [2.24, 2.45) is 5.73 Å². The van der Waals surface area contributed by atoms with Crippen molar-refractivity contribution >= 4 is 6.08 Å². The Morgan fingerprint density at radius 1 is 1.36 bits per heavy atom. The van der Waals surface area contributed by atoms with E-state index >= 15 is 0 Å². The molecule has 0 spiro atoms. The zero-order chi connectivity index (χ0) is 9.80. The quantitative estimate of drug-likeness (QED) is 0.734. The van der Waals surface area contributed by atoms with Crippen LogP contribution in [-0.4, -0.2) is 13.1 Å². The van der Waals surface area contributed by atoms with Crippen LogP contribution in [0.1, 0.15) is 16.7 Å². The van der Waals surface area contributed by atoms with E-state index in [0.29, 0.717) is 6.54 Å². The van der Waals surface area contributed by atoms with E-state index < -0.39 is 0 Å². The Kier molecular flexibility index (Phi) is 2.96. The first-order valence-corrected chi connectivity index (χ1v) is 5.09. The Morgan fingerprint density at radius 2 is 2.29 bits per heavy atom. The SMILES string of the molecule is NCC=Cc1ccc2c(c1)CNCC2. The molecule has 2 rings (SSSR count). The molecule has 2 heteroatoms. The topological polar surface area (TPSA) is 38.0 Å². The fourth-order valence-corrected chi connectivity index (χ4v) is 1.81. The predicted octanol–water partition coefficient (Wildman–Crippen LogP) is 1.30. The van der Waals surface area contributed by atoms with Crippen LogP contribution in [0, 0.1) is 0 Å². The summed E-state index contributed by atoms with van der Waals surface area (Å²) in [5.41, 5.74) is 9.57. The second-order valence-electron chi connectivity index (χ2n) is 3.59. The number of hydrogen-bond acceptors (Lipinski definition) is 2. The third-order valence-electron chi connectivity index (χ3n) is 2.56. The van der Waals surface area contributed by atoms with Crippen LogP contribution >= 0.6 is 0 Å². The molecule has 1 aromatic rings. The lowest BCUT2D eigenvalue weighted by atomic mass is 9.98. The normalized spacial score (nSPS) is 15.8. The monoisotopic (exact) mass is 188 g/mol. The number of fused-ring (bicyclic) bond motifs is 1. The van der Waals surface area contributed by atoms with Crippen LogP contribution in [0.25, 0.3) is 6.08 Å². The number of benzene rings is 1. The van der Waals surface area contributed by atoms with Gasteiger partial charge in [0.2, 0.25) is 0 Å². The summed E-state index contributed by atoms with van der Waals surface area (Å²) in [6, 6.07) is 6.64. The molecule has 3 N–H and O–H groups in total. The summed E-state index contributed by atoms with van der Waals surface area (Å²) < 4.78 is 0. The molecule has 1 aromatic carbocycles. The van der Waals surface area contributed by atoms with Gasteiger partial charge in [-0.05, 0) is 29.7 Å². The summed E-state index contributed by atoms with van der Waals surface area (Å²) in [5.74, 6) is 0. The summed E-state index contributed by atoms with van der Waals surface area (Å²) >= 11 is 0. The largest absolute Gasteiger partial charge is 0.327 e. The molecule has 0 bridgehead atoms. The molecule has 1 aliphatic heterocycles. The first kappa shape index (κ1) is 9.44. The highest BCUT2D eigenvalue weighted by Gasteiger charge is 2.07. The van der Waals surface area contributed by atoms with Crippen molar-refractivity contribution in [3.8, 4) is 0 Å². The molecule has 0 saturated carbocycles. The van der Waals surface area contributed by atoms with E-state index in [4.69, 9.17) is 5.73 Å².